The molecule has 0 fully saturated rings. The second-order valence-corrected chi connectivity index (χ2v) is 8.19. The predicted molar refractivity (Wildman–Crippen MR) is 93.6 cm³/mol. The molecule has 2 N–H and O–H groups in total. The molecule has 0 bridgehead atoms. The van der Waals surface area contributed by atoms with Crippen LogP contribution in [0.5, 0.6) is 5.75 Å². The fourth-order valence-electron chi connectivity index (χ4n) is 3.05. The third-order valence-electron chi connectivity index (χ3n) is 3.62. The van der Waals surface area contributed by atoms with E-state index in [1.54, 1.807) is 0 Å². The summed E-state index contributed by atoms with van der Waals surface area (Å²) in [6.45, 7) is 16.0. The molecule has 0 spiro atoms. The molecule has 0 unspecified atom stereocenters. The average Bonchev–Trinajstić information content (AvgIpc) is 2.33. The topological polar surface area (TPSA) is 41.5 Å². The van der Waals surface area contributed by atoms with Crippen molar-refractivity contribution in [3.8, 4) is 5.75 Å². The summed E-state index contributed by atoms with van der Waals surface area (Å²) >= 11 is 0. The minimum atomic E-state index is -0.516. The molecular formula is C19H33NO2. The molecule has 0 saturated heterocycles. The van der Waals surface area contributed by atoms with Gasteiger partial charge in [-0.2, -0.15) is 0 Å². The summed E-state index contributed by atoms with van der Waals surface area (Å²) in [5.41, 5.74) is 2.47. The number of aryl methyl sites for hydroxylation is 2. The van der Waals surface area contributed by atoms with Gasteiger partial charge in [-0.15, -0.1) is 0 Å². The summed E-state index contributed by atoms with van der Waals surface area (Å²) in [6.07, 6.45) is 0.531. The van der Waals surface area contributed by atoms with Gasteiger partial charge in [0.1, 0.15) is 18.5 Å². The smallest absolute Gasteiger partial charge is 0.125 e. The number of ether oxygens (including phenoxy) is 1. The van der Waals surface area contributed by atoms with Gasteiger partial charge in [0, 0.05) is 12.1 Å². The van der Waals surface area contributed by atoms with Gasteiger partial charge in [-0.05, 0) is 50.7 Å². The Kier molecular flexibility index (Phi) is 6.45. The minimum absolute atomic E-state index is 0.00217. The molecule has 0 aliphatic heterocycles. The van der Waals surface area contributed by atoms with Crippen molar-refractivity contribution in [3.05, 3.63) is 29.3 Å². The van der Waals surface area contributed by atoms with Crippen LogP contribution in [0, 0.1) is 19.3 Å². The van der Waals surface area contributed by atoms with E-state index in [1.165, 1.54) is 0 Å². The first-order chi connectivity index (χ1) is 10.0. The van der Waals surface area contributed by atoms with Crippen molar-refractivity contribution in [2.45, 2.75) is 66.5 Å². The van der Waals surface area contributed by atoms with E-state index in [9.17, 15) is 5.11 Å². The molecule has 0 aliphatic carbocycles. The van der Waals surface area contributed by atoms with Gasteiger partial charge < -0.3 is 15.2 Å². The van der Waals surface area contributed by atoms with Crippen LogP contribution in [0.15, 0.2) is 18.2 Å². The Morgan fingerprint density at radius 2 is 1.64 bits per heavy atom. The van der Waals surface area contributed by atoms with Crippen molar-refractivity contribution < 1.29 is 9.84 Å². The maximum Gasteiger partial charge on any atom is 0.125 e. The Hall–Kier alpha value is -1.06. The number of aliphatic hydroxyl groups excluding tert-OH is 1. The molecule has 0 aromatic heterocycles. The fraction of sp³-hybridized carbons (Fsp3) is 0.684. The molecule has 1 aromatic carbocycles. The van der Waals surface area contributed by atoms with Gasteiger partial charge in [0.05, 0.1) is 0 Å². The van der Waals surface area contributed by atoms with Crippen LogP contribution < -0.4 is 10.1 Å². The van der Waals surface area contributed by atoms with Crippen LogP contribution in [-0.4, -0.2) is 29.9 Å². The van der Waals surface area contributed by atoms with Gasteiger partial charge in [-0.1, -0.05) is 39.0 Å². The van der Waals surface area contributed by atoms with E-state index in [0.29, 0.717) is 13.2 Å². The number of benzene rings is 1. The molecule has 1 rings (SSSR count). The Balaban J connectivity index is 2.45. The zero-order valence-corrected chi connectivity index (χ0v) is 15.3. The first-order valence-corrected chi connectivity index (χ1v) is 8.12. The van der Waals surface area contributed by atoms with E-state index < -0.39 is 6.10 Å². The second-order valence-electron chi connectivity index (χ2n) is 8.19. The van der Waals surface area contributed by atoms with Crippen LogP contribution in [-0.2, 0) is 0 Å². The van der Waals surface area contributed by atoms with Crippen LogP contribution in [0.4, 0.5) is 0 Å². The SMILES string of the molecule is Cc1cccc(C)c1OC[C@@H](O)CNC(C)(C)CC(C)(C)C. The molecular weight excluding hydrogens is 274 g/mol. The number of β-amino-alcohol motifs (C(OH)–C–C–N with tert-alkyl or cyclic N) is 1. The normalized spacial score (nSPS) is 14.0. The molecule has 22 heavy (non-hydrogen) atoms. The van der Waals surface area contributed by atoms with Crippen molar-refractivity contribution in [3.63, 3.8) is 0 Å². The predicted octanol–water partition coefficient (Wildman–Crippen LogP) is 3.85. The molecule has 126 valence electrons. The van der Waals surface area contributed by atoms with Gasteiger partial charge in [-0.25, -0.2) is 0 Å². The van der Waals surface area contributed by atoms with Crippen molar-refractivity contribution in [2.24, 2.45) is 5.41 Å². The zero-order valence-electron chi connectivity index (χ0n) is 15.3. The summed E-state index contributed by atoms with van der Waals surface area (Å²) in [6, 6.07) is 6.07. The number of para-hydroxylation sites is 1. The molecule has 1 atom stereocenters. The van der Waals surface area contributed by atoms with E-state index in [0.717, 1.165) is 23.3 Å². The summed E-state index contributed by atoms with van der Waals surface area (Å²) in [4.78, 5) is 0. The maximum absolute atomic E-state index is 10.2. The van der Waals surface area contributed by atoms with Crippen LogP contribution in [0.1, 0.15) is 52.2 Å². The highest BCUT2D eigenvalue weighted by Crippen LogP contribution is 2.26. The summed E-state index contributed by atoms with van der Waals surface area (Å²) in [5, 5.41) is 13.6. The first-order valence-electron chi connectivity index (χ1n) is 8.12. The summed E-state index contributed by atoms with van der Waals surface area (Å²) in [5.74, 6) is 0.885. The zero-order chi connectivity index (χ0) is 17.0. The van der Waals surface area contributed by atoms with Crippen molar-refractivity contribution in [1.82, 2.24) is 5.32 Å². The van der Waals surface area contributed by atoms with Gasteiger partial charge in [-0.3, -0.25) is 0 Å². The summed E-state index contributed by atoms with van der Waals surface area (Å²) in [7, 11) is 0. The monoisotopic (exact) mass is 307 g/mol. The molecule has 1 aromatic rings. The number of nitrogens with one attached hydrogen (secondary N) is 1. The van der Waals surface area contributed by atoms with Gasteiger partial charge in [0.15, 0.2) is 0 Å². The Labute approximate surface area is 136 Å². The highest BCUT2D eigenvalue weighted by atomic mass is 16.5. The lowest BCUT2D eigenvalue weighted by Gasteiger charge is -2.34. The van der Waals surface area contributed by atoms with E-state index >= 15 is 0 Å². The van der Waals surface area contributed by atoms with E-state index in [1.807, 2.05) is 32.0 Å². The van der Waals surface area contributed by atoms with Crippen LogP contribution >= 0.6 is 0 Å². The average molecular weight is 307 g/mol. The first kappa shape index (κ1) is 19.0. The highest BCUT2D eigenvalue weighted by Gasteiger charge is 2.25. The van der Waals surface area contributed by atoms with Crippen LogP contribution in [0.2, 0.25) is 0 Å². The molecule has 3 heteroatoms. The number of hydrogen-bond donors (Lipinski definition) is 2. The molecule has 0 amide bonds. The second kappa shape index (κ2) is 7.47. The molecule has 0 heterocycles. The molecule has 3 nitrogen and oxygen atoms in total. The fourth-order valence-corrected chi connectivity index (χ4v) is 3.05. The third kappa shape index (κ3) is 6.80. The Bertz CT molecular complexity index is 455. The van der Waals surface area contributed by atoms with Gasteiger partial charge in [0.2, 0.25) is 0 Å². The van der Waals surface area contributed by atoms with Crippen molar-refractivity contribution in [2.75, 3.05) is 13.2 Å². The van der Waals surface area contributed by atoms with Gasteiger partial charge >= 0.3 is 0 Å². The standard InChI is InChI=1S/C19H33NO2/c1-14-9-8-10-15(2)17(14)22-12-16(21)11-20-19(6,7)13-18(3,4)5/h8-10,16,20-21H,11-13H2,1-7H3/t16-/m0/s1. The lowest BCUT2D eigenvalue weighted by molar-refractivity contribution is 0.0938. The highest BCUT2D eigenvalue weighted by molar-refractivity contribution is 5.39. The number of aliphatic hydroxyl groups is 1. The lowest BCUT2D eigenvalue weighted by atomic mass is 9.82. The molecule has 0 radical (unpaired) electrons. The summed E-state index contributed by atoms with van der Waals surface area (Å²) < 4.78 is 5.81. The Morgan fingerprint density at radius 3 is 2.14 bits per heavy atom. The van der Waals surface area contributed by atoms with E-state index in [4.69, 9.17) is 4.74 Å². The molecule has 0 aliphatic rings. The molecule has 0 saturated carbocycles. The van der Waals surface area contributed by atoms with Crippen molar-refractivity contribution in [1.29, 1.82) is 0 Å². The quantitative estimate of drug-likeness (QED) is 0.804. The largest absolute Gasteiger partial charge is 0.490 e. The van der Waals surface area contributed by atoms with Crippen LogP contribution in [0.25, 0.3) is 0 Å². The minimum Gasteiger partial charge on any atom is -0.490 e. The van der Waals surface area contributed by atoms with Gasteiger partial charge in [0.25, 0.3) is 0 Å². The Morgan fingerprint density at radius 1 is 1.09 bits per heavy atom. The number of rotatable bonds is 7. The number of hydrogen-bond acceptors (Lipinski definition) is 3. The third-order valence-corrected chi connectivity index (χ3v) is 3.62. The van der Waals surface area contributed by atoms with Crippen molar-refractivity contribution >= 4 is 0 Å². The lowest BCUT2D eigenvalue weighted by Crippen LogP contribution is -2.46. The van der Waals surface area contributed by atoms with E-state index in [-0.39, 0.29) is 11.0 Å². The van der Waals surface area contributed by atoms with Crippen LogP contribution in [0.3, 0.4) is 0 Å². The maximum atomic E-state index is 10.2. The van der Waals surface area contributed by atoms with E-state index in [2.05, 4.69) is 39.9 Å².